The quantitative estimate of drug-likeness (QED) is 0.409. The maximum Gasteiger partial charge on any atom is 0.164 e. The van der Waals surface area contributed by atoms with Crippen LogP contribution in [0.1, 0.15) is 24.0 Å². The molecule has 7 nitrogen and oxygen atoms in total. The molecule has 4 aromatic rings. The molecule has 1 aromatic carbocycles. The fourth-order valence-electron chi connectivity index (χ4n) is 4.35. The molecule has 0 spiro atoms. The summed E-state index contributed by atoms with van der Waals surface area (Å²) < 4.78 is 36.6. The minimum absolute atomic E-state index is 0.165. The van der Waals surface area contributed by atoms with Crippen LogP contribution in [0.5, 0.6) is 5.75 Å². The van der Waals surface area contributed by atoms with Gasteiger partial charge in [0, 0.05) is 42.4 Å². The number of aromatic nitrogens is 5. The van der Waals surface area contributed by atoms with Gasteiger partial charge in [0.15, 0.2) is 5.65 Å². The fraction of sp³-hybridized carbons (Fsp3) is 0.360. The molecule has 1 aliphatic rings. The highest BCUT2D eigenvalue weighted by atomic mass is 19.1. The lowest BCUT2D eigenvalue weighted by Gasteiger charge is -2.38. The molecular formula is C25H26F2N6O. The summed E-state index contributed by atoms with van der Waals surface area (Å²) in [6, 6.07) is 6.26. The van der Waals surface area contributed by atoms with Gasteiger partial charge in [0.1, 0.15) is 34.5 Å². The van der Waals surface area contributed by atoms with Crippen molar-refractivity contribution in [1.82, 2.24) is 29.4 Å². The lowest BCUT2D eigenvalue weighted by atomic mass is 10.0. The van der Waals surface area contributed by atoms with Crippen LogP contribution in [-0.4, -0.2) is 55.6 Å². The van der Waals surface area contributed by atoms with Gasteiger partial charge >= 0.3 is 0 Å². The van der Waals surface area contributed by atoms with Crippen LogP contribution in [0.15, 0.2) is 36.7 Å². The second-order valence-corrected chi connectivity index (χ2v) is 8.72. The van der Waals surface area contributed by atoms with E-state index in [0.717, 1.165) is 25.8 Å². The average Bonchev–Trinajstić information content (AvgIpc) is 3.13. The number of hydrogen-bond donors (Lipinski definition) is 0. The second kappa shape index (κ2) is 9.06. The summed E-state index contributed by atoms with van der Waals surface area (Å²) in [5.41, 5.74) is 2.79. The first kappa shape index (κ1) is 22.3. The number of imidazole rings is 1. The summed E-state index contributed by atoms with van der Waals surface area (Å²) in [4.78, 5) is 19.9. The van der Waals surface area contributed by atoms with E-state index in [-0.39, 0.29) is 12.4 Å². The van der Waals surface area contributed by atoms with Crippen molar-refractivity contribution in [2.24, 2.45) is 5.92 Å². The van der Waals surface area contributed by atoms with Crippen LogP contribution in [0.25, 0.3) is 22.6 Å². The van der Waals surface area contributed by atoms with Crippen LogP contribution >= 0.6 is 0 Å². The molecular weight excluding hydrogens is 438 g/mol. The van der Waals surface area contributed by atoms with Gasteiger partial charge in [-0.05, 0) is 32.5 Å². The Morgan fingerprint density at radius 1 is 1.06 bits per heavy atom. The van der Waals surface area contributed by atoms with Gasteiger partial charge in [0.25, 0.3) is 0 Å². The molecule has 176 valence electrons. The molecule has 9 heteroatoms. The molecule has 0 amide bonds. The molecule has 0 saturated carbocycles. The monoisotopic (exact) mass is 464 g/mol. The molecule has 0 bridgehead atoms. The molecule has 34 heavy (non-hydrogen) atoms. The van der Waals surface area contributed by atoms with E-state index in [0.29, 0.717) is 57.9 Å². The Morgan fingerprint density at radius 2 is 1.88 bits per heavy atom. The Labute approximate surface area is 196 Å². The van der Waals surface area contributed by atoms with Gasteiger partial charge in [-0.3, -0.25) is 4.98 Å². The first-order valence-electron chi connectivity index (χ1n) is 11.4. The molecule has 0 N–H and O–H groups in total. The van der Waals surface area contributed by atoms with Crippen LogP contribution in [0.4, 0.5) is 8.78 Å². The van der Waals surface area contributed by atoms with E-state index in [4.69, 9.17) is 4.74 Å². The van der Waals surface area contributed by atoms with Crippen molar-refractivity contribution in [3.8, 4) is 17.1 Å². The Balaban J connectivity index is 1.45. The van der Waals surface area contributed by atoms with E-state index < -0.39 is 5.82 Å². The molecule has 1 fully saturated rings. The maximum absolute atomic E-state index is 15.1. The molecule has 0 unspecified atom stereocenters. The zero-order chi connectivity index (χ0) is 23.8. The van der Waals surface area contributed by atoms with E-state index in [2.05, 4.69) is 31.8 Å². The van der Waals surface area contributed by atoms with Gasteiger partial charge in [0.2, 0.25) is 0 Å². The normalized spacial score (nSPS) is 14.5. The SMILES string of the molecule is CCN1CC(COc2ccc(Cn3c(-c4cncc(F)c4)nc4c(C)nc(C)nc43)c(F)c2)C1. The van der Waals surface area contributed by atoms with Crippen LogP contribution in [-0.2, 0) is 6.54 Å². The summed E-state index contributed by atoms with van der Waals surface area (Å²) in [5.74, 6) is 1.17. The van der Waals surface area contributed by atoms with Crippen molar-refractivity contribution in [3.63, 3.8) is 0 Å². The molecule has 0 radical (unpaired) electrons. The second-order valence-electron chi connectivity index (χ2n) is 8.72. The highest BCUT2D eigenvalue weighted by Crippen LogP contribution is 2.28. The number of rotatable bonds is 7. The molecule has 0 atom stereocenters. The highest BCUT2D eigenvalue weighted by Gasteiger charge is 2.25. The first-order valence-corrected chi connectivity index (χ1v) is 11.4. The number of hydrogen-bond acceptors (Lipinski definition) is 6. The number of pyridine rings is 1. The van der Waals surface area contributed by atoms with Crippen LogP contribution in [0.3, 0.4) is 0 Å². The predicted molar refractivity (Wildman–Crippen MR) is 125 cm³/mol. The third-order valence-corrected chi connectivity index (χ3v) is 6.16. The third kappa shape index (κ3) is 4.35. The Bertz CT molecular complexity index is 1350. The van der Waals surface area contributed by atoms with Crippen molar-refractivity contribution in [3.05, 3.63) is 65.4 Å². The lowest BCUT2D eigenvalue weighted by Crippen LogP contribution is -2.48. The number of ether oxygens (including phenoxy) is 1. The Hall–Kier alpha value is -3.46. The molecule has 0 aliphatic carbocycles. The van der Waals surface area contributed by atoms with Crippen LogP contribution in [0, 0.1) is 31.4 Å². The van der Waals surface area contributed by atoms with E-state index in [9.17, 15) is 4.39 Å². The maximum atomic E-state index is 15.1. The summed E-state index contributed by atoms with van der Waals surface area (Å²) in [5, 5.41) is 0. The largest absolute Gasteiger partial charge is 0.493 e. The molecule has 4 heterocycles. The fourth-order valence-corrected chi connectivity index (χ4v) is 4.35. The minimum Gasteiger partial charge on any atom is -0.493 e. The highest BCUT2D eigenvalue weighted by molar-refractivity contribution is 5.79. The van der Waals surface area contributed by atoms with Crippen molar-refractivity contribution in [1.29, 1.82) is 0 Å². The zero-order valence-electron chi connectivity index (χ0n) is 19.4. The molecule has 5 rings (SSSR count). The van der Waals surface area contributed by atoms with E-state index in [1.807, 2.05) is 6.92 Å². The minimum atomic E-state index is -0.476. The Kier molecular flexibility index (Phi) is 5.95. The number of halogens is 2. The summed E-state index contributed by atoms with van der Waals surface area (Å²) in [6.45, 7) is 9.59. The number of aryl methyl sites for hydroxylation is 2. The van der Waals surface area contributed by atoms with Crippen molar-refractivity contribution in [2.45, 2.75) is 27.3 Å². The van der Waals surface area contributed by atoms with Gasteiger partial charge in [0.05, 0.1) is 25.0 Å². The lowest BCUT2D eigenvalue weighted by molar-refractivity contribution is 0.0670. The van der Waals surface area contributed by atoms with Crippen molar-refractivity contribution in [2.75, 3.05) is 26.2 Å². The summed E-state index contributed by atoms with van der Waals surface area (Å²) in [7, 11) is 0. The van der Waals surface area contributed by atoms with Gasteiger partial charge in [-0.2, -0.15) is 0 Å². The zero-order valence-corrected chi connectivity index (χ0v) is 19.4. The van der Waals surface area contributed by atoms with Crippen LogP contribution in [0.2, 0.25) is 0 Å². The molecule has 1 aliphatic heterocycles. The van der Waals surface area contributed by atoms with E-state index in [1.54, 1.807) is 23.6 Å². The topological polar surface area (TPSA) is 69.0 Å². The van der Waals surface area contributed by atoms with E-state index in [1.165, 1.54) is 18.3 Å². The summed E-state index contributed by atoms with van der Waals surface area (Å²) >= 11 is 0. The van der Waals surface area contributed by atoms with Crippen molar-refractivity contribution < 1.29 is 13.5 Å². The van der Waals surface area contributed by atoms with Gasteiger partial charge in [-0.1, -0.05) is 13.0 Å². The number of nitrogens with zero attached hydrogens (tertiary/aromatic N) is 6. The van der Waals surface area contributed by atoms with Gasteiger partial charge < -0.3 is 14.2 Å². The van der Waals surface area contributed by atoms with Crippen molar-refractivity contribution >= 4 is 11.2 Å². The molecule has 1 saturated heterocycles. The summed E-state index contributed by atoms with van der Waals surface area (Å²) in [6.07, 6.45) is 2.66. The van der Waals surface area contributed by atoms with E-state index >= 15 is 4.39 Å². The molecule has 3 aromatic heterocycles. The first-order chi connectivity index (χ1) is 16.4. The smallest absolute Gasteiger partial charge is 0.164 e. The number of likely N-dealkylation sites (tertiary alicyclic amines) is 1. The number of benzene rings is 1. The van der Waals surface area contributed by atoms with Gasteiger partial charge in [-0.15, -0.1) is 0 Å². The standard InChI is InChI=1S/C25H26F2N6O/c1-4-32-11-17(12-32)14-34-21-6-5-18(22(27)8-21)13-33-24(19-7-20(26)10-28-9-19)31-23-15(2)29-16(3)30-25(23)33/h5-10,17H,4,11-14H2,1-3H3. The average molecular weight is 465 g/mol. The Morgan fingerprint density at radius 3 is 2.62 bits per heavy atom. The predicted octanol–water partition coefficient (Wildman–Crippen LogP) is 4.16. The van der Waals surface area contributed by atoms with Gasteiger partial charge in [-0.25, -0.2) is 23.7 Å². The third-order valence-electron chi connectivity index (χ3n) is 6.16. The van der Waals surface area contributed by atoms with Crippen LogP contribution < -0.4 is 4.74 Å². The number of fused-ring (bicyclic) bond motifs is 1.